The van der Waals surface area contributed by atoms with E-state index in [4.69, 9.17) is 18.9 Å². The van der Waals surface area contributed by atoms with Gasteiger partial charge < -0.3 is 39.4 Å². The van der Waals surface area contributed by atoms with Crippen molar-refractivity contribution in [3.8, 4) is 0 Å². The standard InChI is InChI=1S/C44H84O10/c1-3-5-7-9-11-13-15-17-18-19-21-23-25-27-29-31-33-40(47)53-37(36-52-44-43(50)42(49)41(48)38(34-45)54-44)35-51-39(46)32-30-28-26-24-22-20-16-14-12-10-8-6-4-2/h37-38,41-45,48-50H,3-36H2,1-2H3. The molecular formula is C44H84O10. The van der Waals surface area contributed by atoms with E-state index in [1.54, 1.807) is 0 Å². The molecule has 0 spiro atoms. The smallest absolute Gasteiger partial charge is 0.306 e. The van der Waals surface area contributed by atoms with Crippen LogP contribution in [0.5, 0.6) is 0 Å². The van der Waals surface area contributed by atoms with Gasteiger partial charge in [-0.15, -0.1) is 0 Å². The molecule has 0 aromatic carbocycles. The van der Waals surface area contributed by atoms with Crippen LogP contribution in [-0.4, -0.2) is 89.0 Å². The fraction of sp³-hybridized carbons (Fsp3) is 0.955. The van der Waals surface area contributed by atoms with E-state index in [2.05, 4.69) is 13.8 Å². The topological polar surface area (TPSA) is 152 Å². The molecule has 4 N–H and O–H groups in total. The van der Waals surface area contributed by atoms with Crippen LogP contribution in [0.2, 0.25) is 0 Å². The van der Waals surface area contributed by atoms with Crippen LogP contribution in [0.25, 0.3) is 0 Å². The highest BCUT2D eigenvalue weighted by molar-refractivity contribution is 5.70. The maximum absolute atomic E-state index is 12.8. The van der Waals surface area contributed by atoms with Crippen LogP contribution in [0.15, 0.2) is 0 Å². The molecule has 10 heteroatoms. The van der Waals surface area contributed by atoms with E-state index in [0.717, 1.165) is 38.5 Å². The van der Waals surface area contributed by atoms with Gasteiger partial charge in [-0.3, -0.25) is 9.59 Å². The lowest BCUT2D eigenvalue weighted by atomic mass is 9.99. The Hall–Kier alpha value is -1.30. The maximum atomic E-state index is 12.8. The van der Waals surface area contributed by atoms with Crippen molar-refractivity contribution in [1.82, 2.24) is 0 Å². The average Bonchev–Trinajstić information content (AvgIpc) is 3.17. The molecule has 320 valence electrons. The molecule has 1 aliphatic heterocycles. The van der Waals surface area contributed by atoms with Crippen molar-refractivity contribution in [1.29, 1.82) is 0 Å². The SMILES string of the molecule is CCCCCCCCCCCCCCCCCCC(=O)OC(COC(=O)CCCCCCCCCCCCCCC)COC1OC(CO)C(O)C(O)C1O. The zero-order chi connectivity index (χ0) is 39.5. The van der Waals surface area contributed by atoms with E-state index in [1.807, 2.05) is 0 Å². The van der Waals surface area contributed by atoms with Gasteiger partial charge in [0.2, 0.25) is 0 Å². The van der Waals surface area contributed by atoms with Gasteiger partial charge in [-0.1, -0.05) is 187 Å². The first-order valence-corrected chi connectivity index (χ1v) is 22.6. The van der Waals surface area contributed by atoms with Crippen molar-refractivity contribution in [3.63, 3.8) is 0 Å². The molecule has 6 unspecified atom stereocenters. The highest BCUT2D eigenvalue weighted by Gasteiger charge is 2.44. The summed E-state index contributed by atoms with van der Waals surface area (Å²) in [5.74, 6) is -0.792. The quantitative estimate of drug-likeness (QED) is 0.0353. The van der Waals surface area contributed by atoms with Gasteiger partial charge in [0.15, 0.2) is 12.4 Å². The number of esters is 2. The number of hydrogen-bond donors (Lipinski definition) is 4. The van der Waals surface area contributed by atoms with Crippen molar-refractivity contribution in [2.75, 3.05) is 19.8 Å². The third kappa shape index (κ3) is 27.3. The third-order valence-electron chi connectivity index (χ3n) is 10.7. The predicted molar refractivity (Wildman–Crippen MR) is 215 cm³/mol. The molecular weight excluding hydrogens is 688 g/mol. The lowest BCUT2D eigenvalue weighted by Crippen LogP contribution is -2.59. The Balaban J connectivity index is 2.31. The minimum absolute atomic E-state index is 0.209. The Bertz CT molecular complexity index is 855. The van der Waals surface area contributed by atoms with E-state index in [1.165, 1.54) is 141 Å². The molecule has 0 saturated carbocycles. The third-order valence-corrected chi connectivity index (χ3v) is 10.7. The van der Waals surface area contributed by atoms with Crippen LogP contribution < -0.4 is 0 Å². The number of aliphatic hydroxyl groups excluding tert-OH is 4. The molecule has 0 radical (unpaired) electrons. The van der Waals surface area contributed by atoms with Crippen LogP contribution in [0.4, 0.5) is 0 Å². The van der Waals surface area contributed by atoms with E-state index >= 15 is 0 Å². The second-order valence-electron chi connectivity index (χ2n) is 15.9. The second kappa shape index (κ2) is 36.1. The summed E-state index contributed by atoms with van der Waals surface area (Å²) in [6, 6.07) is 0. The normalized spacial score (nSPS) is 20.6. The van der Waals surface area contributed by atoms with Gasteiger partial charge in [-0.2, -0.15) is 0 Å². The molecule has 1 rings (SSSR count). The Labute approximate surface area is 329 Å². The van der Waals surface area contributed by atoms with Crippen molar-refractivity contribution in [3.05, 3.63) is 0 Å². The van der Waals surface area contributed by atoms with Crippen LogP contribution >= 0.6 is 0 Å². The molecule has 10 nitrogen and oxygen atoms in total. The molecule has 54 heavy (non-hydrogen) atoms. The minimum atomic E-state index is -1.59. The molecule has 1 aliphatic rings. The van der Waals surface area contributed by atoms with E-state index in [-0.39, 0.29) is 32.0 Å². The average molecular weight is 773 g/mol. The lowest BCUT2D eigenvalue weighted by molar-refractivity contribution is -0.305. The molecule has 1 saturated heterocycles. The monoisotopic (exact) mass is 773 g/mol. The summed E-state index contributed by atoms with van der Waals surface area (Å²) in [6.45, 7) is 3.45. The van der Waals surface area contributed by atoms with Crippen molar-refractivity contribution in [2.24, 2.45) is 0 Å². The van der Waals surface area contributed by atoms with E-state index in [9.17, 15) is 30.0 Å². The number of carbonyl (C=O) groups excluding carboxylic acids is 2. The number of hydrogen-bond acceptors (Lipinski definition) is 10. The Morgan fingerprint density at radius 2 is 0.870 bits per heavy atom. The molecule has 0 amide bonds. The van der Waals surface area contributed by atoms with Crippen molar-refractivity contribution >= 4 is 11.9 Å². The van der Waals surface area contributed by atoms with Gasteiger partial charge in [0.05, 0.1) is 13.2 Å². The van der Waals surface area contributed by atoms with Gasteiger partial charge in [0, 0.05) is 12.8 Å². The van der Waals surface area contributed by atoms with Gasteiger partial charge in [-0.05, 0) is 12.8 Å². The number of rotatable bonds is 38. The highest BCUT2D eigenvalue weighted by Crippen LogP contribution is 2.23. The predicted octanol–water partition coefficient (Wildman–Crippen LogP) is 9.39. The van der Waals surface area contributed by atoms with Gasteiger partial charge in [-0.25, -0.2) is 0 Å². The Kier molecular flexibility index (Phi) is 33.9. The van der Waals surface area contributed by atoms with Gasteiger partial charge >= 0.3 is 11.9 Å². The first-order chi connectivity index (χ1) is 26.3. The zero-order valence-corrected chi connectivity index (χ0v) is 34.7. The summed E-state index contributed by atoms with van der Waals surface area (Å²) in [6.07, 6.45) is 28.2. The fourth-order valence-corrected chi connectivity index (χ4v) is 7.13. The lowest BCUT2D eigenvalue weighted by Gasteiger charge is -2.39. The maximum Gasteiger partial charge on any atom is 0.306 e. The van der Waals surface area contributed by atoms with Crippen molar-refractivity contribution in [2.45, 2.75) is 250 Å². The molecule has 1 fully saturated rings. The molecule has 6 atom stereocenters. The summed E-state index contributed by atoms with van der Waals surface area (Å²) in [7, 11) is 0. The fourth-order valence-electron chi connectivity index (χ4n) is 7.13. The molecule has 0 aromatic heterocycles. The summed E-state index contributed by atoms with van der Waals surface area (Å²) < 4.78 is 22.2. The summed E-state index contributed by atoms with van der Waals surface area (Å²) in [5.41, 5.74) is 0. The summed E-state index contributed by atoms with van der Waals surface area (Å²) in [4.78, 5) is 25.3. The Morgan fingerprint density at radius 3 is 1.26 bits per heavy atom. The summed E-state index contributed by atoms with van der Waals surface area (Å²) in [5, 5.41) is 40.0. The first-order valence-electron chi connectivity index (χ1n) is 22.6. The van der Waals surface area contributed by atoms with Crippen molar-refractivity contribution < 1.29 is 49.0 Å². The number of unbranched alkanes of at least 4 members (excludes halogenated alkanes) is 27. The molecule has 0 bridgehead atoms. The number of carbonyl (C=O) groups is 2. The number of ether oxygens (including phenoxy) is 4. The van der Waals surface area contributed by atoms with Gasteiger partial charge in [0.25, 0.3) is 0 Å². The molecule has 0 aromatic rings. The van der Waals surface area contributed by atoms with E-state index in [0.29, 0.717) is 6.42 Å². The Morgan fingerprint density at radius 1 is 0.500 bits per heavy atom. The van der Waals surface area contributed by atoms with Crippen LogP contribution in [0.1, 0.15) is 213 Å². The highest BCUT2D eigenvalue weighted by atomic mass is 16.7. The minimum Gasteiger partial charge on any atom is -0.462 e. The van der Waals surface area contributed by atoms with Crippen LogP contribution in [0, 0.1) is 0 Å². The van der Waals surface area contributed by atoms with Crippen LogP contribution in [0.3, 0.4) is 0 Å². The van der Waals surface area contributed by atoms with Gasteiger partial charge in [0.1, 0.15) is 31.0 Å². The zero-order valence-electron chi connectivity index (χ0n) is 34.7. The number of aliphatic hydroxyl groups is 4. The second-order valence-corrected chi connectivity index (χ2v) is 15.9. The first kappa shape index (κ1) is 50.7. The molecule has 1 heterocycles. The largest absolute Gasteiger partial charge is 0.462 e. The van der Waals surface area contributed by atoms with E-state index < -0.39 is 49.4 Å². The summed E-state index contributed by atoms with van der Waals surface area (Å²) >= 11 is 0. The molecule has 0 aliphatic carbocycles. The van der Waals surface area contributed by atoms with Crippen LogP contribution in [-0.2, 0) is 28.5 Å².